The maximum atomic E-state index is 5.72. The highest BCUT2D eigenvalue weighted by Gasteiger charge is 2.26. The van der Waals surface area contributed by atoms with E-state index in [9.17, 15) is 0 Å². The molecule has 1 unspecified atom stereocenters. The van der Waals surface area contributed by atoms with Gasteiger partial charge in [-0.2, -0.15) is 0 Å². The van der Waals surface area contributed by atoms with Gasteiger partial charge < -0.3 is 10.1 Å². The molecule has 1 aliphatic heterocycles. The Morgan fingerprint density at radius 1 is 1.64 bits per heavy atom. The first-order chi connectivity index (χ1) is 5.27. The summed E-state index contributed by atoms with van der Waals surface area (Å²) in [4.78, 5) is 0. The Kier molecular flexibility index (Phi) is 3.14. The molecule has 3 heteroatoms. The van der Waals surface area contributed by atoms with Crippen molar-refractivity contribution < 1.29 is 4.74 Å². The molecule has 1 saturated heterocycles. The lowest BCUT2D eigenvalue weighted by Gasteiger charge is -2.33. The molecule has 0 aliphatic carbocycles. The highest BCUT2D eigenvalue weighted by Crippen LogP contribution is 2.20. The molecular formula is C8H17NOSi. The molecule has 0 aromatic carbocycles. The number of ether oxygens (including phenoxy) is 1. The minimum Gasteiger partial charge on any atom is -0.389 e. The summed E-state index contributed by atoms with van der Waals surface area (Å²) in [6.07, 6.45) is 5.53. The van der Waals surface area contributed by atoms with Crippen LogP contribution < -0.4 is 5.32 Å². The molecule has 1 fully saturated rings. The lowest BCUT2D eigenvalue weighted by Crippen LogP contribution is -2.44. The van der Waals surface area contributed by atoms with Crippen LogP contribution in [0.1, 0.15) is 19.3 Å². The van der Waals surface area contributed by atoms with Gasteiger partial charge >= 0.3 is 0 Å². The van der Waals surface area contributed by atoms with E-state index >= 15 is 0 Å². The third kappa shape index (κ3) is 2.67. The molecule has 0 spiro atoms. The number of hydrogen-bond acceptors (Lipinski definition) is 2. The van der Waals surface area contributed by atoms with Gasteiger partial charge in [0.25, 0.3) is 0 Å². The lowest BCUT2D eigenvalue weighted by atomic mass is 10.1. The van der Waals surface area contributed by atoms with Crippen LogP contribution in [0.4, 0.5) is 0 Å². The first-order valence-electron chi connectivity index (χ1n) is 4.25. The van der Waals surface area contributed by atoms with Crippen LogP contribution in [0.15, 0.2) is 12.8 Å². The molecule has 0 aromatic heterocycles. The zero-order valence-electron chi connectivity index (χ0n) is 7.23. The topological polar surface area (TPSA) is 21.3 Å². The second-order valence-electron chi connectivity index (χ2n) is 3.34. The molecule has 1 heterocycles. The highest BCUT2D eigenvalue weighted by molar-refractivity contribution is 6.14. The van der Waals surface area contributed by atoms with Crippen molar-refractivity contribution >= 4 is 10.2 Å². The van der Waals surface area contributed by atoms with E-state index in [0.29, 0.717) is 0 Å². The third-order valence-electron chi connectivity index (χ3n) is 2.17. The smallest absolute Gasteiger partial charge is 0.0652 e. The van der Waals surface area contributed by atoms with Gasteiger partial charge in [0.15, 0.2) is 0 Å². The normalized spacial score (nSPS) is 31.6. The van der Waals surface area contributed by atoms with Crippen molar-refractivity contribution in [3.8, 4) is 0 Å². The summed E-state index contributed by atoms with van der Waals surface area (Å²) in [5.41, 5.74) is 0. The molecule has 64 valence electrons. The van der Waals surface area contributed by atoms with Crippen molar-refractivity contribution in [1.82, 2.24) is 5.32 Å². The van der Waals surface area contributed by atoms with Gasteiger partial charge in [-0.1, -0.05) is 6.58 Å². The van der Waals surface area contributed by atoms with Crippen molar-refractivity contribution in [2.75, 3.05) is 13.2 Å². The number of nitrogens with one attached hydrogen (secondary N) is 1. The Bertz CT molecular complexity index is 132. The predicted octanol–water partition coefficient (Wildman–Crippen LogP) is -0.0183. The summed E-state index contributed by atoms with van der Waals surface area (Å²) in [7, 11) is 1.11. The molecule has 1 rings (SSSR count). The first-order valence-corrected chi connectivity index (χ1v) is 5.25. The standard InChI is InChI=1S/C8H17NOSi/c1-2-9-7-8(11)5-3-4-6-10-8/h2,9H,1,3-7H2,11H3. The van der Waals surface area contributed by atoms with E-state index < -0.39 is 0 Å². The van der Waals surface area contributed by atoms with E-state index in [1.54, 1.807) is 6.20 Å². The first kappa shape index (κ1) is 8.81. The van der Waals surface area contributed by atoms with Gasteiger partial charge in [0.1, 0.15) is 0 Å². The van der Waals surface area contributed by atoms with E-state index in [2.05, 4.69) is 11.9 Å². The average Bonchev–Trinajstić information content (AvgIpc) is 2.03. The number of hydrogen-bond donors (Lipinski definition) is 1. The van der Waals surface area contributed by atoms with E-state index in [1.807, 2.05) is 0 Å². The van der Waals surface area contributed by atoms with Gasteiger partial charge in [-0.15, -0.1) is 0 Å². The zero-order valence-corrected chi connectivity index (χ0v) is 9.23. The van der Waals surface area contributed by atoms with Gasteiger partial charge in [-0.25, -0.2) is 0 Å². The monoisotopic (exact) mass is 171 g/mol. The van der Waals surface area contributed by atoms with Crippen LogP contribution in [-0.4, -0.2) is 28.6 Å². The van der Waals surface area contributed by atoms with Crippen molar-refractivity contribution in [3.05, 3.63) is 12.8 Å². The van der Waals surface area contributed by atoms with Crippen molar-refractivity contribution in [1.29, 1.82) is 0 Å². The van der Waals surface area contributed by atoms with E-state index in [0.717, 1.165) is 23.4 Å². The molecule has 1 N–H and O–H groups in total. The fraction of sp³-hybridized carbons (Fsp3) is 0.750. The van der Waals surface area contributed by atoms with Gasteiger partial charge in [0, 0.05) is 23.4 Å². The quantitative estimate of drug-likeness (QED) is 0.603. The largest absolute Gasteiger partial charge is 0.389 e. The molecule has 0 aromatic rings. The Labute approximate surface area is 71.4 Å². The molecule has 1 atom stereocenters. The summed E-state index contributed by atoms with van der Waals surface area (Å²) in [6, 6.07) is 0. The molecule has 0 radical (unpaired) electrons. The lowest BCUT2D eigenvalue weighted by molar-refractivity contribution is -0.0144. The fourth-order valence-corrected chi connectivity index (χ4v) is 2.18. The molecule has 0 bridgehead atoms. The molecule has 1 aliphatic rings. The van der Waals surface area contributed by atoms with Crippen molar-refractivity contribution in [3.63, 3.8) is 0 Å². The minimum absolute atomic E-state index is 0.187. The molecule has 2 nitrogen and oxygen atoms in total. The molecule has 11 heavy (non-hydrogen) atoms. The zero-order chi connectivity index (χ0) is 8.16. The van der Waals surface area contributed by atoms with Gasteiger partial charge in [-0.3, -0.25) is 0 Å². The number of rotatable bonds is 3. The maximum absolute atomic E-state index is 5.72. The highest BCUT2D eigenvalue weighted by atomic mass is 28.1. The van der Waals surface area contributed by atoms with Crippen LogP contribution in [0, 0.1) is 0 Å². The second-order valence-corrected chi connectivity index (χ2v) is 5.16. The minimum atomic E-state index is 0.187. The van der Waals surface area contributed by atoms with Gasteiger partial charge in [0.2, 0.25) is 0 Å². The Hall–Kier alpha value is -0.283. The van der Waals surface area contributed by atoms with Crippen LogP contribution in [0.2, 0.25) is 0 Å². The molecular weight excluding hydrogens is 154 g/mol. The summed E-state index contributed by atoms with van der Waals surface area (Å²) >= 11 is 0. The molecule has 0 saturated carbocycles. The summed E-state index contributed by atoms with van der Waals surface area (Å²) in [5, 5.41) is 3.32. The summed E-state index contributed by atoms with van der Waals surface area (Å²) in [6.45, 7) is 5.52. The maximum Gasteiger partial charge on any atom is 0.0652 e. The predicted molar refractivity (Wildman–Crippen MR) is 50.7 cm³/mol. The van der Waals surface area contributed by atoms with Crippen molar-refractivity contribution in [2.24, 2.45) is 0 Å². The van der Waals surface area contributed by atoms with E-state index in [4.69, 9.17) is 4.74 Å². The Morgan fingerprint density at radius 3 is 3.00 bits per heavy atom. The van der Waals surface area contributed by atoms with Crippen LogP contribution in [0.3, 0.4) is 0 Å². The van der Waals surface area contributed by atoms with Crippen LogP contribution in [0.25, 0.3) is 0 Å². The molecule has 0 amide bonds. The fourth-order valence-electron chi connectivity index (χ4n) is 1.42. The Morgan fingerprint density at radius 2 is 2.45 bits per heavy atom. The van der Waals surface area contributed by atoms with Gasteiger partial charge in [0.05, 0.1) is 5.22 Å². The SMILES string of the molecule is C=CNCC1([SiH3])CCCCO1. The van der Waals surface area contributed by atoms with Gasteiger partial charge in [-0.05, 0) is 25.5 Å². The third-order valence-corrected chi connectivity index (χ3v) is 3.31. The van der Waals surface area contributed by atoms with Crippen LogP contribution >= 0.6 is 0 Å². The summed E-state index contributed by atoms with van der Waals surface area (Å²) in [5.74, 6) is 0. The van der Waals surface area contributed by atoms with Crippen LogP contribution in [0.5, 0.6) is 0 Å². The van der Waals surface area contributed by atoms with E-state index in [-0.39, 0.29) is 5.22 Å². The van der Waals surface area contributed by atoms with Crippen molar-refractivity contribution in [2.45, 2.75) is 24.5 Å². The second kappa shape index (κ2) is 3.92. The van der Waals surface area contributed by atoms with Crippen LogP contribution in [-0.2, 0) is 4.74 Å². The van der Waals surface area contributed by atoms with E-state index in [1.165, 1.54) is 19.3 Å². The average molecular weight is 171 g/mol. The summed E-state index contributed by atoms with van der Waals surface area (Å²) < 4.78 is 5.72. The Balaban J connectivity index is 2.30.